The number of para-hydroxylation sites is 2. The van der Waals surface area contributed by atoms with Crippen LogP contribution in [0.5, 0.6) is 5.75 Å². The summed E-state index contributed by atoms with van der Waals surface area (Å²) < 4.78 is 23.7. The quantitative estimate of drug-likeness (QED) is 0.649. The Morgan fingerprint density at radius 2 is 2.00 bits per heavy atom. The lowest BCUT2D eigenvalue weighted by atomic mass is 10.2. The topological polar surface area (TPSA) is 106 Å². The van der Waals surface area contributed by atoms with Crippen LogP contribution in [0.15, 0.2) is 53.1 Å². The van der Waals surface area contributed by atoms with Crippen molar-refractivity contribution >= 4 is 17.5 Å². The van der Waals surface area contributed by atoms with Crippen LogP contribution in [0.2, 0.25) is 0 Å². The monoisotopic (exact) mass is 384 g/mol. The molecule has 1 heterocycles. The molecule has 3 rings (SSSR count). The van der Waals surface area contributed by atoms with E-state index < -0.39 is 5.91 Å². The van der Waals surface area contributed by atoms with Gasteiger partial charge in [-0.05, 0) is 29.8 Å². The van der Waals surface area contributed by atoms with Crippen molar-refractivity contribution in [1.82, 2.24) is 15.5 Å². The number of carbonyl (C=O) groups is 2. The summed E-state index contributed by atoms with van der Waals surface area (Å²) in [7, 11) is 0. The Kier molecular flexibility index (Phi) is 5.95. The van der Waals surface area contributed by atoms with Crippen LogP contribution in [0.1, 0.15) is 29.0 Å². The molecule has 1 aromatic heterocycles. The second-order valence-corrected chi connectivity index (χ2v) is 5.79. The Labute approximate surface area is 159 Å². The van der Waals surface area contributed by atoms with E-state index in [0.717, 1.165) is 0 Å². The van der Waals surface area contributed by atoms with Gasteiger partial charge in [-0.15, -0.1) is 0 Å². The number of nitrogens with zero attached hydrogens (tertiary/aromatic N) is 2. The van der Waals surface area contributed by atoms with Gasteiger partial charge >= 0.3 is 11.8 Å². The average molecular weight is 384 g/mol. The van der Waals surface area contributed by atoms with Gasteiger partial charge in [0.2, 0.25) is 11.7 Å². The number of benzene rings is 2. The molecule has 0 saturated carbocycles. The minimum Gasteiger partial charge on any atom is -0.483 e. The van der Waals surface area contributed by atoms with Crippen molar-refractivity contribution in [3.8, 4) is 5.75 Å². The lowest BCUT2D eigenvalue weighted by Crippen LogP contribution is -2.23. The van der Waals surface area contributed by atoms with Gasteiger partial charge in [0.1, 0.15) is 11.6 Å². The molecule has 0 aliphatic heterocycles. The van der Waals surface area contributed by atoms with Gasteiger partial charge in [0, 0.05) is 13.5 Å². The molecule has 8 nitrogen and oxygen atoms in total. The van der Waals surface area contributed by atoms with E-state index in [1.165, 1.54) is 19.1 Å². The third kappa shape index (κ3) is 5.13. The predicted octanol–water partition coefficient (Wildman–Crippen LogP) is 2.68. The van der Waals surface area contributed by atoms with Gasteiger partial charge in [0.15, 0.2) is 6.61 Å². The number of anilines is 1. The highest BCUT2D eigenvalue weighted by molar-refractivity contribution is 5.90. The summed E-state index contributed by atoms with van der Waals surface area (Å²) in [5, 5.41) is 8.91. The Bertz CT molecular complexity index is 989. The van der Waals surface area contributed by atoms with Crippen molar-refractivity contribution in [2.75, 3.05) is 5.32 Å². The zero-order valence-corrected chi connectivity index (χ0v) is 14.9. The van der Waals surface area contributed by atoms with Crippen molar-refractivity contribution in [3.05, 3.63) is 71.6 Å². The molecule has 3 aromatic rings. The van der Waals surface area contributed by atoms with E-state index in [1.807, 2.05) is 0 Å². The smallest absolute Gasteiger partial charge is 0.316 e. The number of aromatic nitrogens is 2. The summed E-state index contributed by atoms with van der Waals surface area (Å²) >= 11 is 0. The molecule has 0 unspecified atom stereocenters. The first-order valence-corrected chi connectivity index (χ1v) is 8.36. The number of amides is 2. The third-order valence-corrected chi connectivity index (χ3v) is 3.56. The third-order valence-electron chi connectivity index (χ3n) is 3.56. The van der Waals surface area contributed by atoms with Crippen LogP contribution < -0.4 is 15.4 Å². The second-order valence-electron chi connectivity index (χ2n) is 5.79. The molecule has 2 N–H and O–H groups in total. The van der Waals surface area contributed by atoms with Gasteiger partial charge in [-0.25, -0.2) is 4.39 Å². The molecule has 9 heteroatoms. The SMILES string of the molecule is CC(=O)Nc1ccccc1OCc1noc(C(=O)NCc2cccc(F)c2)n1. The van der Waals surface area contributed by atoms with E-state index in [4.69, 9.17) is 9.26 Å². The standard InChI is InChI=1S/C19H17FN4O4/c1-12(25)22-15-7-2-3-8-16(15)27-11-17-23-19(28-24-17)18(26)21-10-13-5-4-6-14(20)9-13/h2-9H,10-11H2,1H3,(H,21,26)(H,22,25). The Hall–Kier alpha value is -3.75. The van der Waals surface area contributed by atoms with E-state index in [-0.39, 0.29) is 36.6 Å². The molecule has 0 bridgehead atoms. The van der Waals surface area contributed by atoms with E-state index in [1.54, 1.807) is 36.4 Å². The molecule has 0 aliphatic carbocycles. The summed E-state index contributed by atoms with van der Waals surface area (Å²) in [5.74, 6) is -0.837. The van der Waals surface area contributed by atoms with Gasteiger partial charge < -0.3 is 19.9 Å². The highest BCUT2D eigenvalue weighted by Crippen LogP contribution is 2.24. The fourth-order valence-electron chi connectivity index (χ4n) is 2.34. The molecule has 0 saturated heterocycles. The van der Waals surface area contributed by atoms with Crippen LogP contribution in [0.25, 0.3) is 0 Å². The number of halogens is 1. The van der Waals surface area contributed by atoms with E-state index in [9.17, 15) is 14.0 Å². The molecule has 2 aromatic carbocycles. The number of nitrogens with one attached hydrogen (secondary N) is 2. The van der Waals surface area contributed by atoms with Crippen molar-refractivity contribution < 1.29 is 23.2 Å². The number of rotatable bonds is 7. The predicted molar refractivity (Wildman–Crippen MR) is 96.9 cm³/mol. The normalized spacial score (nSPS) is 10.4. The van der Waals surface area contributed by atoms with Crippen molar-refractivity contribution in [3.63, 3.8) is 0 Å². The maximum absolute atomic E-state index is 13.2. The molecule has 0 radical (unpaired) electrons. The molecule has 0 fully saturated rings. The summed E-state index contributed by atoms with van der Waals surface area (Å²) in [4.78, 5) is 27.3. The number of hydrogen-bond acceptors (Lipinski definition) is 6. The van der Waals surface area contributed by atoms with Crippen molar-refractivity contribution in [1.29, 1.82) is 0 Å². The fourth-order valence-corrected chi connectivity index (χ4v) is 2.34. The zero-order valence-electron chi connectivity index (χ0n) is 14.9. The van der Waals surface area contributed by atoms with Crippen molar-refractivity contribution in [2.45, 2.75) is 20.1 Å². The largest absolute Gasteiger partial charge is 0.483 e. The van der Waals surface area contributed by atoms with Crippen LogP contribution in [0.3, 0.4) is 0 Å². The minimum absolute atomic E-state index is 0.0583. The van der Waals surface area contributed by atoms with Crippen LogP contribution in [-0.2, 0) is 17.9 Å². The lowest BCUT2D eigenvalue weighted by molar-refractivity contribution is -0.114. The lowest BCUT2D eigenvalue weighted by Gasteiger charge is -2.09. The maximum Gasteiger partial charge on any atom is 0.316 e. The Balaban J connectivity index is 1.57. The first kappa shape index (κ1) is 19.0. The number of carbonyl (C=O) groups excluding carboxylic acids is 2. The number of hydrogen-bond donors (Lipinski definition) is 2. The Morgan fingerprint density at radius 3 is 2.79 bits per heavy atom. The summed E-state index contributed by atoms with van der Waals surface area (Å²) in [6.45, 7) is 1.46. The molecule has 0 spiro atoms. The molecular formula is C19H17FN4O4. The van der Waals surface area contributed by atoms with Gasteiger partial charge in [0.05, 0.1) is 5.69 Å². The van der Waals surface area contributed by atoms with Crippen LogP contribution >= 0.6 is 0 Å². The minimum atomic E-state index is -0.582. The molecule has 0 aliphatic rings. The van der Waals surface area contributed by atoms with E-state index in [0.29, 0.717) is 17.0 Å². The molecular weight excluding hydrogens is 367 g/mol. The van der Waals surface area contributed by atoms with Gasteiger partial charge in [-0.2, -0.15) is 4.98 Å². The summed E-state index contributed by atoms with van der Waals surface area (Å²) in [5.41, 5.74) is 1.11. The molecule has 2 amide bonds. The van der Waals surface area contributed by atoms with Crippen LogP contribution in [0.4, 0.5) is 10.1 Å². The molecule has 28 heavy (non-hydrogen) atoms. The van der Waals surface area contributed by atoms with Crippen LogP contribution in [0, 0.1) is 5.82 Å². The highest BCUT2D eigenvalue weighted by atomic mass is 19.1. The average Bonchev–Trinajstić information content (AvgIpc) is 3.14. The number of ether oxygens (including phenoxy) is 1. The highest BCUT2D eigenvalue weighted by Gasteiger charge is 2.16. The first-order chi connectivity index (χ1) is 13.5. The molecule has 0 atom stereocenters. The van der Waals surface area contributed by atoms with Crippen LogP contribution in [-0.4, -0.2) is 22.0 Å². The second kappa shape index (κ2) is 8.76. The van der Waals surface area contributed by atoms with E-state index >= 15 is 0 Å². The molecule has 144 valence electrons. The van der Waals surface area contributed by atoms with Crippen molar-refractivity contribution in [2.24, 2.45) is 0 Å². The summed E-state index contributed by atoms with van der Waals surface area (Å²) in [6, 6.07) is 12.8. The zero-order chi connectivity index (χ0) is 19.9. The van der Waals surface area contributed by atoms with E-state index in [2.05, 4.69) is 20.8 Å². The maximum atomic E-state index is 13.2. The summed E-state index contributed by atoms with van der Waals surface area (Å²) in [6.07, 6.45) is 0. The fraction of sp³-hybridized carbons (Fsp3) is 0.158. The Morgan fingerprint density at radius 1 is 1.18 bits per heavy atom. The van der Waals surface area contributed by atoms with Gasteiger partial charge in [0.25, 0.3) is 0 Å². The van der Waals surface area contributed by atoms with Gasteiger partial charge in [-0.1, -0.05) is 29.4 Å². The van der Waals surface area contributed by atoms with Gasteiger partial charge in [-0.3, -0.25) is 9.59 Å². The first-order valence-electron chi connectivity index (χ1n) is 8.36.